The van der Waals surface area contributed by atoms with Crippen molar-refractivity contribution in [1.29, 1.82) is 0 Å². The quantitative estimate of drug-likeness (QED) is 0.164. The summed E-state index contributed by atoms with van der Waals surface area (Å²) in [4.78, 5) is 31.7. The number of aliphatic hydroxyl groups excluding tert-OH is 1. The van der Waals surface area contributed by atoms with Crippen LogP contribution in [0, 0.1) is 6.92 Å². The highest BCUT2D eigenvalue weighted by molar-refractivity contribution is 6.52. The van der Waals surface area contributed by atoms with Gasteiger partial charge in [0, 0.05) is 37.9 Å². The van der Waals surface area contributed by atoms with Gasteiger partial charge in [-0.1, -0.05) is 53.0 Å². The number of ketones is 1. The van der Waals surface area contributed by atoms with E-state index >= 15 is 0 Å². The number of anilines is 1. The number of aromatic nitrogens is 1. The van der Waals surface area contributed by atoms with Crippen molar-refractivity contribution in [2.75, 3.05) is 12.0 Å². The Labute approximate surface area is 221 Å². The molecular weight excluding hydrogens is 523 g/mol. The summed E-state index contributed by atoms with van der Waals surface area (Å²) in [5.41, 5.74) is 2.69. The third kappa shape index (κ3) is 3.82. The second-order valence-corrected chi connectivity index (χ2v) is 9.60. The molecule has 4 aromatic rings. The molecule has 9 heteroatoms. The minimum atomic E-state index is -0.954. The van der Waals surface area contributed by atoms with E-state index in [-0.39, 0.29) is 26.9 Å². The number of aryl methyl sites for hydroxylation is 1. The molecule has 1 aromatic heterocycles. The Kier molecular flexibility index (Phi) is 6.20. The smallest absolute Gasteiger partial charge is 0.300 e. The Morgan fingerprint density at radius 2 is 1.69 bits per heavy atom. The van der Waals surface area contributed by atoms with Gasteiger partial charge in [0.25, 0.3) is 11.7 Å². The molecule has 1 atom stereocenters. The molecule has 1 fully saturated rings. The fraction of sp³-hybridized carbons (Fsp3) is 0.111. The average Bonchev–Trinajstić information content (AvgIpc) is 3.31. The van der Waals surface area contributed by atoms with Crippen LogP contribution in [-0.2, 0) is 9.59 Å². The molecule has 0 radical (unpaired) electrons. The molecule has 3 aromatic carbocycles. The first-order chi connectivity index (χ1) is 17.2. The number of para-hydroxylation sites is 1. The van der Waals surface area contributed by atoms with Gasteiger partial charge < -0.3 is 14.8 Å². The Balaban J connectivity index is 1.85. The monoisotopic (exact) mass is 540 g/mol. The van der Waals surface area contributed by atoms with E-state index in [0.29, 0.717) is 16.3 Å². The van der Waals surface area contributed by atoms with E-state index in [4.69, 9.17) is 39.5 Å². The second kappa shape index (κ2) is 9.21. The molecule has 6 nitrogen and oxygen atoms in total. The number of Topliss-reactive ketones (excluding diaryl/α,β-unsaturated/α-hetero) is 1. The molecule has 2 heterocycles. The Morgan fingerprint density at radius 3 is 2.39 bits per heavy atom. The molecular formula is C27H19Cl3N2O4. The number of H-pyrrole nitrogens is 1. The third-order valence-electron chi connectivity index (χ3n) is 6.23. The van der Waals surface area contributed by atoms with Gasteiger partial charge in [0.2, 0.25) is 0 Å². The van der Waals surface area contributed by atoms with Gasteiger partial charge in [-0.15, -0.1) is 0 Å². The maximum Gasteiger partial charge on any atom is 0.300 e. The zero-order chi connectivity index (χ0) is 25.7. The summed E-state index contributed by atoms with van der Waals surface area (Å²) in [6.45, 7) is 1.86. The number of ether oxygens (including phenoxy) is 1. The summed E-state index contributed by atoms with van der Waals surface area (Å²) in [5, 5.41) is 13.2. The summed E-state index contributed by atoms with van der Waals surface area (Å²) < 4.78 is 5.40. The summed E-state index contributed by atoms with van der Waals surface area (Å²) in [5.74, 6) is -1.96. The van der Waals surface area contributed by atoms with Crippen molar-refractivity contribution in [2.45, 2.75) is 13.0 Å². The first-order valence-electron chi connectivity index (χ1n) is 10.9. The van der Waals surface area contributed by atoms with E-state index in [0.717, 1.165) is 16.6 Å². The van der Waals surface area contributed by atoms with E-state index in [9.17, 15) is 14.7 Å². The van der Waals surface area contributed by atoms with Gasteiger partial charge in [-0.2, -0.15) is 0 Å². The standard InChI is InChI=1S/C27H19Cl3N2O4/c1-13-21(17-5-3-4-6-20(17)31-13)23-22(24(33)18-11-15(29)12-19(30)26(18)36-2)25(34)27(35)32(23)16-9-7-14(28)8-10-16/h3-12,23,31,33H,1-2H3/b24-22+. The zero-order valence-electron chi connectivity index (χ0n) is 19.1. The second-order valence-electron chi connectivity index (χ2n) is 8.32. The fourth-order valence-corrected chi connectivity index (χ4v) is 5.41. The lowest BCUT2D eigenvalue weighted by molar-refractivity contribution is -0.132. The van der Waals surface area contributed by atoms with Crippen LogP contribution in [0.1, 0.15) is 22.9 Å². The lowest BCUT2D eigenvalue weighted by atomic mass is 9.93. The van der Waals surface area contributed by atoms with E-state index in [1.807, 2.05) is 31.2 Å². The predicted octanol–water partition coefficient (Wildman–Crippen LogP) is 7.07. The molecule has 5 rings (SSSR count). The van der Waals surface area contributed by atoms with Crippen molar-refractivity contribution in [2.24, 2.45) is 0 Å². The van der Waals surface area contributed by atoms with E-state index in [2.05, 4.69) is 4.98 Å². The molecule has 1 saturated heterocycles. The maximum atomic E-state index is 13.5. The van der Waals surface area contributed by atoms with Crippen LogP contribution in [0.2, 0.25) is 15.1 Å². The minimum absolute atomic E-state index is 0.103. The van der Waals surface area contributed by atoms with Crippen LogP contribution in [0.25, 0.3) is 16.7 Å². The molecule has 1 aliphatic rings. The molecule has 0 bridgehead atoms. The number of hydrogen-bond donors (Lipinski definition) is 2. The van der Waals surface area contributed by atoms with Crippen LogP contribution in [0.5, 0.6) is 5.75 Å². The summed E-state index contributed by atoms with van der Waals surface area (Å²) >= 11 is 18.6. The number of carbonyl (C=O) groups is 2. The van der Waals surface area contributed by atoms with Gasteiger partial charge in [-0.3, -0.25) is 14.5 Å². The number of nitrogens with zero attached hydrogens (tertiary/aromatic N) is 1. The van der Waals surface area contributed by atoms with E-state index < -0.39 is 23.5 Å². The largest absolute Gasteiger partial charge is 0.507 e. The van der Waals surface area contributed by atoms with E-state index in [1.54, 1.807) is 24.3 Å². The lowest BCUT2D eigenvalue weighted by Gasteiger charge is -2.26. The fourth-order valence-electron chi connectivity index (χ4n) is 4.71. The molecule has 36 heavy (non-hydrogen) atoms. The predicted molar refractivity (Wildman–Crippen MR) is 142 cm³/mol. The van der Waals surface area contributed by atoms with Crippen LogP contribution in [0.4, 0.5) is 5.69 Å². The normalized spacial score (nSPS) is 17.2. The number of fused-ring (bicyclic) bond motifs is 1. The number of carbonyl (C=O) groups excluding carboxylic acids is 2. The molecule has 2 N–H and O–H groups in total. The van der Waals surface area contributed by atoms with Crippen molar-refractivity contribution in [3.63, 3.8) is 0 Å². The van der Waals surface area contributed by atoms with Crippen molar-refractivity contribution in [3.8, 4) is 5.75 Å². The molecule has 0 saturated carbocycles. The van der Waals surface area contributed by atoms with Crippen molar-refractivity contribution in [1.82, 2.24) is 4.98 Å². The maximum absolute atomic E-state index is 13.5. The van der Waals surface area contributed by atoms with Gasteiger partial charge in [-0.25, -0.2) is 0 Å². The topological polar surface area (TPSA) is 82.6 Å². The Morgan fingerprint density at radius 1 is 1.00 bits per heavy atom. The van der Waals surface area contributed by atoms with E-state index in [1.165, 1.54) is 24.1 Å². The molecule has 0 spiro atoms. The molecule has 1 amide bonds. The number of methoxy groups -OCH3 is 1. The number of hydrogen-bond acceptors (Lipinski definition) is 4. The minimum Gasteiger partial charge on any atom is -0.507 e. The number of rotatable bonds is 4. The Hall–Kier alpha value is -3.45. The SMILES string of the molecule is COc1c(Cl)cc(Cl)cc1/C(O)=C1\C(=O)C(=O)N(c2ccc(Cl)cc2)C1c1c(C)[nH]c2ccccc12. The van der Waals surface area contributed by atoms with Crippen molar-refractivity contribution < 1.29 is 19.4 Å². The van der Waals surface area contributed by atoms with Gasteiger partial charge in [0.05, 0.1) is 29.3 Å². The number of nitrogens with one attached hydrogen (secondary N) is 1. The highest BCUT2D eigenvalue weighted by Gasteiger charge is 2.48. The molecule has 1 aliphatic heterocycles. The third-order valence-corrected chi connectivity index (χ3v) is 6.98. The summed E-state index contributed by atoms with van der Waals surface area (Å²) in [6, 6.07) is 16.1. The Bertz CT molecular complexity index is 1570. The van der Waals surface area contributed by atoms with Crippen LogP contribution in [-0.4, -0.2) is 28.9 Å². The zero-order valence-corrected chi connectivity index (χ0v) is 21.4. The number of benzene rings is 3. The number of halogens is 3. The first-order valence-corrected chi connectivity index (χ1v) is 12.0. The number of aliphatic hydroxyl groups is 1. The van der Waals surface area contributed by atoms with Crippen LogP contribution in [0.3, 0.4) is 0 Å². The van der Waals surface area contributed by atoms with Crippen molar-refractivity contribution >= 4 is 68.8 Å². The summed E-state index contributed by atoms with van der Waals surface area (Å²) in [7, 11) is 1.39. The van der Waals surface area contributed by atoms with Gasteiger partial charge in [0.1, 0.15) is 11.5 Å². The van der Waals surface area contributed by atoms with Crippen LogP contribution >= 0.6 is 34.8 Å². The molecule has 0 aliphatic carbocycles. The first kappa shape index (κ1) is 24.3. The highest BCUT2D eigenvalue weighted by atomic mass is 35.5. The summed E-state index contributed by atoms with van der Waals surface area (Å²) in [6.07, 6.45) is 0. The number of amides is 1. The molecule has 1 unspecified atom stereocenters. The van der Waals surface area contributed by atoms with Crippen LogP contribution in [0.15, 0.2) is 66.2 Å². The van der Waals surface area contributed by atoms with Crippen LogP contribution < -0.4 is 9.64 Å². The van der Waals surface area contributed by atoms with Gasteiger partial charge >= 0.3 is 0 Å². The van der Waals surface area contributed by atoms with Gasteiger partial charge in [0.15, 0.2) is 0 Å². The number of aromatic amines is 1. The average molecular weight is 542 g/mol. The highest BCUT2D eigenvalue weighted by Crippen LogP contribution is 2.47. The lowest BCUT2D eigenvalue weighted by Crippen LogP contribution is -2.29. The molecule has 182 valence electrons. The van der Waals surface area contributed by atoms with Gasteiger partial charge in [-0.05, 0) is 49.4 Å². The van der Waals surface area contributed by atoms with Crippen molar-refractivity contribution in [3.05, 3.63) is 98.1 Å².